The van der Waals surface area contributed by atoms with E-state index in [2.05, 4.69) is 36.1 Å². The molecule has 1 atom stereocenters. The lowest BCUT2D eigenvalue weighted by Gasteiger charge is -2.30. The van der Waals surface area contributed by atoms with Gasteiger partial charge >= 0.3 is 5.97 Å². The van der Waals surface area contributed by atoms with Gasteiger partial charge in [0.15, 0.2) is 0 Å². The maximum Gasteiger partial charge on any atom is 0.303 e. The predicted molar refractivity (Wildman–Crippen MR) is 79.7 cm³/mol. The smallest absolute Gasteiger partial charge is 0.303 e. The number of carboxylic acid groups (broad SMARTS) is 1. The lowest BCUT2D eigenvalue weighted by molar-refractivity contribution is -0.137. The first kappa shape index (κ1) is 16.4. The SMILES string of the molecule is Cc1cc(NCCC(CCC(=O)O)C(C)(C)C)ncn1. The Morgan fingerprint density at radius 3 is 2.60 bits per heavy atom. The molecule has 0 aliphatic carbocycles. The number of aromatic nitrogens is 2. The minimum atomic E-state index is -0.723. The highest BCUT2D eigenvalue weighted by Gasteiger charge is 2.24. The highest BCUT2D eigenvalue weighted by Crippen LogP contribution is 2.32. The number of aliphatic carboxylic acids is 1. The number of anilines is 1. The van der Waals surface area contributed by atoms with Gasteiger partial charge in [0.05, 0.1) is 0 Å². The zero-order chi connectivity index (χ0) is 15.2. The molecule has 0 aromatic carbocycles. The summed E-state index contributed by atoms with van der Waals surface area (Å²) in [6.07, 6.45) is 3.42. The molecular weight excluding hydrogens is 254 g/mol. The Bertz CT molecular complexity index is 441. The molecule has 0 aliphatic rings. The molecule has 0 fully saturated rings. The Morgan fingerprint density at radius 1 is 1.35 bits per heavy atom. The second-order valence-electron chi connectivity index (χ2n) is 6.26. The summed E-state index contributed by atoms with van der Waals surface area (Å²) in [7, 11) is 0. The van der Waals surface area contributed by atoms with Crippen LogP contribution >= 0.6 is 0 Å². The highest BCUT2D eigenvalue weighted by atomic mass is 16.4. The molecule has 112 valence electrons. The summed E-state index contributed by atoms with van der Waals surface area (Å²) in [5.41, 5.74) is 1.04. The van der Waals surface area contributed by atoms with E-state index in [4.69, 9.17) is 5.11 Å². The van der Waals surface area contributed by atoms with Gasteiger partial charge < -0.3 is 10.4 Å². The van der Waals surface area contributed by atoms with Crippen LogP contribution in [0, 0.1) is 18.3 Å². The molecule has 0 radical (unpaired) electrons. The van der Waals surface area contributed by atoms with Gasteiger partial charge in [-0.1, -0.05) is 20.8 Å². The fraction of sp³-hybridized carbons (Fsp3) is 0.667. The van der Waals surface area contributed by atoms with Crippen molar-refractivity contribution in [3.63, 3.8) is 0 Å². The van der Waals surface area contributed by atoms with Crippen molar-refractivity contribution in [3.05, 3.63) is 18.1 Å². The van der Waals surface area contributed by atoms with Gasteiger partial charge in [-0.15, -0.1) is 0 Å². The zero-order valence-electron chi connectivity index (χ0n) is 12.8. The van der Waals surface area contributed by atoms with Gasteiger partial charge in [-0.3, -0.25) is 4.79 Å². The second-order valence-corrected chi connectivity index (χ2v) is 6.26. The number of carboxylic acids is 1. The van der Waals surface area contributed by atoms with Gasteiger partial charge in [0, 0.05) is 24.7 Å². The third kappa shape index (κ3) is 5.99. The van der Waals surface area contributed by atoms with Crippen LogP contribution in [0.2, 0.25) is 0 Å². The van der Waals surface area contributed by atoms with Gasteiger partial charge in [-0.2, -0.15) is 0 Å². The molecule has 0 saturated heterocycles. The summed E-state index contributed by atoms with van der Waals surface area (Å²) < 4.78 is 0. The van der Waals surface area contributed by atoms with Crippen LogP contribution in [-0.4, -0.2) is 27.6 Å². The first-order valence-electron chi connectivity index (χ1n) is 7.03. The molecule has 2 N–H and O–H groups in total. The van der Waals surface area contributed by atoms with E-state index in [-0.39, 0.29) is 11.8 Å². The summed E-state index contributed by atoms with van der Waals surface area (Å²) in [4.78, 5) is 18.9. The zero-order valence-corrected chi connectivity index (χ0v) is 12.8. The van der Waals surface area contributed by atoms with Crippen LogP contribution in [0.1, 0.15) is 45.7 Å². The molecule has 20 heavy (non-hydrogen) atoms. The summed E-state index contributed by atoms with van der Waals surface area (Å²) in [6.45, 7) is 9.20. The molecule has 5 heteroatoms. The maximum atomic E-state index is 10.7. The van der Waals surface area contributed by atoms with Crippen LogP contribution in [0.25, 0.3) is 0 Å². The van der Waals surface area contributed by atoms with E-state index in [1.807, 2.05) is 13.0 Å². The molecule has 1 unspecified atom stereocenters. The molecular formula is C15H25N3O2. The predicted octanol–water partition coefficient (Wildman–Crippen LogP) is 3.11. The van der Waals surface area contributed by atoms with E-state index in [1.165, 1.54) is 0 Å². The van der Waals surface area contributed by atoms with E-state index >= 15 is 0 Å². The monoisotopic (exact) mass is 279 g/mol. The number of rotatable bonds is 7. The highest BCUT2D eigenvalue weighted by molar-refractivity contribution is 5.66. The summed E-state index contributed by atoms with van der Waals surface area (Å²) in [5, 5.41) is 12.1. The van der Waals surface area contributed by atoms with Crippen molar-refractivity contribution in [2.24, 2.45) is 11.3 Å². The standard InChI is InChI=1S/C15H25N3O2/c1-11-9-13(18-10-17-11)16-8-7-12(15(2,3)4)5-6-14(19)20/h9-10,12H,5-8H2,1-4H3,(H,19,20)(H,16,17,18). The van der Waals surface area contributed by atoms with E-state index in [0.29, 0.717) is 12.3 Å². The van der Waals surface area contributed by atoms with Gasteiger partial charge in [-0.25, -0.2) is 9.97 Å². The number of nitrogens with zero attached hydrogens (tertiary/aromatic N) is 2. The van der Waals surface area contributed by atoms with Crippen molar-refractivity contribution in [1.82, 2.24) is 9.97 Å². The topological polar surface area (TPSA) is 75.1 Å². The van der Waals surface area contributed by atoms with Crippen molar-refractivity contribution in [3.8, 4) is 0 Å². The summed E-state index contributed by atoms with van der Waals surface area (Å²) in [5.74, 6) is 0.469. The van der Waals surface area contributed by atoms with E-state index in [1.54, 1.807) is 6.33 Å². The first-order valence-corrected chi connectivity index (χ1v) is 7.03. The molecule has 1 heterocycles. The lowest BCUT2D eigenvalue weighted by Crippen LogP contribution is -2.24. The van der Waals surface area contributed by atoms with E-state index in [9.17, 15) is 4.79 Å². The minimum Gasteiger partial charge on any atom is -0.481 e. The Morgan fingerprint density at radius 2 is 2.05 bits per heavy atom. The molecule has 0 spiro atoms. The van der Waals surface area contributed by atoms with Crippen LogP contribution in [0.4, 0.5) is 5.82 Å². The van der Waals surface area contributed by atoms with Crippen LogP contribution in [-0.2, 0) is 4.79 Å². The van der Waals surface area contributed by atoms with Crippen molar-refractivity contribution >= 4 is 11.8 Å². The third-order valence-corrected chi connectivity index (χ3v) is 3.53. The average Bonchev–Trinajstić information content (AvgIpc) is 2.31. The Hall–Kier alpha value is -1.65. The molecule has 5 nitrogen and oxygen atoms in total. The van der Waals surface area contributed by atoms with Crippen LogP contribution in [0.3, 0.4) is 0 Å². The molecule has 0 aliphatic heterocycles. The molecule has 0 amide bonds. The number of nitrogens with one attached hydrogen (secondary N) is 1. The van der Waals surface area contributed by atoms with Gasteiger partial charge in [0.2, 0.25) is 0 Å². The Labute approximate surface area is 120 Å². The molecule has 1 aromatic heterocycles. The first-order chi connectivity index (χ1) is 9.29. The summed E-state index contributed by atoms with van der Waals surface area (Å²) >= 11 is 0. The fourth-order valence-electron chi connectivity index (χ4n) is 2.23. The van der Waals surface area contributed by atoms with Crippen molar-refractivity contribution < 1.29 is 9.90 Å². The summed E-state index contributed by atoms with van der Waals surface area (Å²) in [6, 6.07) is 1.91. The van der Waals surface area contributed by atoms with Gasteiger partial charge in [-0.05, 0) is 31.1 Å². The largest absolute Gasteiger partial charge is 0.481 e. The van der Waals surface area contributed by atoms with Crippen molar-refractivity contribution in [2.75, 3.05) is 11.9 Å². The Balaban J connectivity index is 2.48. The van der Waals surface area contributed by atoms with Crippen molar-refractivity contribution in [1.29, 1.82) is 0 Å². The third-order valence-electron chi connectivity index (χ3n) is 3.53. The molecule has 0 saturated carbocycles. The van der Waals surface area contributed by atoms with Crippen LogP contribution in [0.15, 0.2) is 12.4 Å². The van der Waals surface area contributed by atoms with Crippen LogP contribution < -0.4 is 5.32 Å². The number of aryl methyl sites for hydroxylation is 1. The molecule has 1 rings (SSSR count). The van der Waals surface area contributed by atoms with Gasteiger partial charge in [0.1, 0.15) is 12.1 Å². The van der Waals surface area contributed by atoms with E-state index < -0.39 is 5.97 Å². The lowest BCUT2D eigenvalue weighted by atomic mass is 9.76. The number of carbonyl (C=O) groups is 1. The second kappa shape index (κ2) is 7.22. The van der Waals surface area contributed by atoms with Crippen LogP contribution in [0.5, 0.6) is 0 Å². The average molecular weight is 279 g/mol. The quantitative estimate of drug-likeness (QED) is 0.802. The Kier molecular flexibility index (Phi) is 5.92. The molecule has 1 aromatic rings. The normalized spacial score (nSPS) is 13.0. The van der Waals surface area contributed by atoms with Crippen molar-refractivity contribution in [2.45, 2.75) is 47.0 Å². The maximum absolute atomic E-state index is 10.7. The minimum absolute atomic E-state index is 0.110. The molecule has 0 bridgehead atoms. The number of hydrogen-bond donors (Lipinski definition) is 2. The van der Waals surface area contributed by atoms with E-state index in [0.717, 1.165) is 24.5 Å². The number of hydrogen-bond acceptors (Lipinski definition) is 4. The van der Waals surface area contributed by atoms with Gasteiger partial charge in [0.25, 0.3) is 0 Å². The fourth-order valence-corrected chi connectivity index (χ4v) is 2.23.